The Morgan fingerprint density at radius 1 is 0.783 bits per heavy atom. The van der Waals surface area contributed by atoms with Gasteiger partial charge in [-0.05, 0) is 73.2 Å². The number of rotatable bonds is 16. The Morgan fingerprint density at radius 2 is 1.40 bits per heavy atom. The fourth-order valence-corrected chi connectivity index (χ4v) is 9.17. The van der Waals surface area contributed by atoms with Crippen molar-refractivity contribution in [3.05, 3.63) is 150 Å². The van der Waals surface area contributed by atoms with Gasteiger partial charge in [0.25, 0.3) is 0 Å². The highest BCUT2D eigenvalue weighted by atomic mass is 28.3. The monoisotopic (exact) mass is 825 g/mol. The molecule has 0 N–H and O–H groups in total. The summed E-state index contributed by atoms with van der Waals surface area (Å²) < 4.78 is 23.3. The molecule has 13 heteroatoms. The highest BCUT2D eigenvalue weighted by Gasteiger charge is 2.55. The van der Waals surface area contributed by atoms with Gasteiger partial charge in [0.05, 0.1) is 30.0 Å². The van der Waals surface area contributed by atoms with E-state index in [0.29, 0.717) is 38.3 Å². The van der Waals surface area contributed by atoms with Crippen LogP contribution in [0.15, 0.2) is 122 Å². The second kappa shape index (κ2) is 17.6. The lowest BCUT2D eigenvalue weighted by atomic mass is 9.90. The lowest BCUT2D eigenvalue weighted by molar-refractivity contribution is -0.157. The van der Waals surface area contributed by atoms with Gasteiger partial charge in [0, 0.05) is 44.9 Å². The van der Waals surface area contributed by atoms with Crippen LogP contribution >= 0.6 is 0 Å². The van der Waals surface area contributed by atoms with Gasteiger partial charge in [-0.25, -0.2) is 14.2 Å². The van der Waals surface area contributed by atoms with E-state index >= 15 is 4.79 Å². The molecule has 4 heterocycles. The van der Waals surface area contributed by atoms with Gasteiger partial charge in [-0.2, -0.15) is 5.10 Å². The van der Waals surface area contributed by atoms with E-state index < -0.39 is 32.1 Å². The normalized spacial score (nSPS) is 20.4. The Morgan fingerprint density at radius 3 is 2.00 bits per heavy atom. The number of fused-ring (bicyclic) bond motifs is 2. The van der Waals surface area contributed by atoms with Crippen molar-refractivity contribution in [1.29, 1.82) is 0 Å². The van der Waals surface area contributed by atoms with Crippen molar-refractivity contribution < 1.29 is 23.8 Å². The maximum atomic E-state index is 15.7. The van der Waals surface area contributed by atoms with Gasteiger partial charge in [-0.1, -0.05) is 110 Å². The van der Waals surface area contributed by atoms with E-state index in [4.69, 9.17) is 14.2 Å². The smallest absolute Gasteiger partial charge is 0.321 e. The topological polar surface area (TPSA) is 117 Å². The molecule has 8 rings (SSSR count). The van der Waals surface area contributed by atoms with Crippen LogP contribution in [0, 0.1) is 0 Å². The second-order valence-corrected chi connectivity index (χ2v) is 23.3. The van der Waals surface area contributed by atoms with Crippen LogP contribution in [0.25, 0.3) is 10.9 Å². The van der Waals surface area contributed by atoms with Crippen molar-refractivity contribution in [2.45, 2.75) is 109 Å². The highest BCUT2D eigenvalue weighted by molar-refractivity contribution is 6.76. The number of carbonyl (C=O) groups is 2. The van der Waals surface area contributed by atoms with Crippen molar-refractivity contribution in [3.8, 4) is 0 Å². The molecule has 2 aliphatic heterocycles. The lowest BCUT2D eigenvalue weighted by Crippen LogP contribution is -2.51. The van der Waals surface area contributed by atoms with Crippen LogP contribution in [-0.2, 0) is 53.4 Å². The molecule has 2 aromatic heterocycles. The summed E-state index contributed by atoms with van der Waals surface area (Å²) in [4.78, 5) is 33.1. The molecule has 2 aliphatic rings. The molecule has 4 atom stereocenters. The van der Waals surface area contributed by atoms with Crippen molar-refractivity contribution in [2.24, 2.45) is 0 Å². The van der Waals surface area contributed by atoms with Crippen LogP contribution in [0.1, 0.15) is 46.5 Å². The first-order valence-electron chi connectivity index (χ1n) is 20.9. The molecule has 2 fully saturated rings. The van der Waals surface area contributed by atoms with Crippen LogP contribution < -0.4 is 0 Å². The summed E-state index contributed by atoms with van der Waals surface area (Å²) in [6.07, 6.45) is 5.31. The van der Waals surface area contributed by atoms with Crippen LogP contribution in [0.3, 0.4) is 0 Å². The van der Waals surface area contributed by atoms with Crippen LogP contribution in [0.4, 0.5) is 4.79 Å². The average Bonchev–Trinajstić information content (AvgIpc) is 3.97. The highest BCUT2D eigenvalue weighted by Crippen LogP contribution is 2.40. The van der Waals surface area contributed by atoms with Crippen LogP contribution in [0.2, 0.25) is 25.7 Å². The zero-order valence-corrected chi connectivity index (χ0v) is 36.2. The summed E-state index contributed by atoms with van der Waals surface area (Å²) in [5.41, 5.74) is 5.52. The average molecular weight is 826 g/mol. The molecular weight excluding hydrogens is 771 g/mol. The van der Waals surface area contributed by atoms with Gasteiger partial charge < -0.3 is 24.0 Å². The predicted octanol–water partition coefficient (Wildman–Crippen LogP) is 8.00. The van der Waals surface area contributed by atoms with Crippen molar-refractivity contribution in [2.75, 3.05) is 6.61 Å². The summed E-state index contributed by atoms with van der Waals surface area (Å²) in [6, 6.07) is 34.6. The Labute approximate surface area is 353 Å². The Hall–Kier alpha value is -5.47. The molecule has 0 saturated carbocycles. The molecule has 0 spiro atoms. The van der Waals surface area contributed by atoms with Crippen molar-refractivity contribution in [1.82, 2.24) is 34.6 Å². The van der Waals surface area contributed by atoms with Gasteiger partial charge >= 0.3 is 6.03 Å². The number of benzene rings is 4. The number of hydrogen-bond acceptors (Lipinski definition) is 8. The minimum Gasteiger partial charge on any atom is -0.360 e. The van der Waals surface area contributed by atoms with Crippen molar-refractivity contribution in [3.63, 3.8) is 0 Å². The Kier molecular flexibility index (Phi) is 12.1. The summed E-state index contributed by atoms with van der Waals surface area (Å²) in [6.45, 7) is 12.7. The standard InChI is InChI=1S/C47H55N7O5Si/c1-47(2)58-44-41(27-34-13-8-6-9-14-34)52(30-36-17-12-18-38(25-36)43(55)32-51-22-21-48-50-51)46(56)53(42(45(44)59-47)28-35-15-10-7-11-16-35)31-37-19-20-40-39(26-37)29-49-54(40)33-57-23-24-60(3,4)5/h6-22,25-26,29,41-42,44-45H,23-24,27-28,30-33H2,1-5H3/t41-,42-,44+,45+/m1/s1. The lowest BCUT2D eigenvalue weighted by Gasteiger charge is -2.37. The number of aromatic nitrogens is 5. The summed E-state index contributed by atoms with van der Waals surface area (Å²) >= 11 is 0. The molecule has 0 radical (unpaired) electrons. The van der Waals surface area contributed by atoms with Gasteiger partial charge in [-0.3, -0.25) is 4.79 Å². The fourth-order valence-electron chi connectivity index (χ4n) is 8.41. The van der Waals surface area contributed by atoms with Gasteiger partial charge in [0.15, 0.2) is 11.6 Å². The predicted molar refractivity (Wildman–Crippen MR) is 233 cm³/mol. The number of nitrogens with zero attached hydrogens (tertiary/aromatic N) is 7. The molecule has 2 saturated heterocycles. The Balaban J connectivity index is 1.17. The third-order valence-electron chi connectivity index (χ3n) is 11.4. The summed E-state index contributed by atoms with van der Waals surface area (Å²) in [5.74, 6) is -0.990. The van der Waals surface area contributed by atoms with E-state index in [1.165, 1.54) is 4.68 Å². The molecule has 0 unspecified atom stereocenters. The fraction of sp³-hybridized carbons (Fsp3) is 0.383. The van der Waals surface area contributed by atoms with Crippen molar-refractivity contribution >= 4 is 30.8 Å². The first-order valence-corrected chi connectivity index (χ1v) is 24.6. The van der Waals surface area contributed by atoms with E-state index in [2.05, 4.69) is 77.5 Å². The molecule has 0 bridgehead atoms. The quantitative estimate of drug-likeness (QED) is 0.0548. The number of urea groups is 1. The minimum atomic E-state index is -1.21. The first kappa shape index (κ1) is 41.3. The maximum absolute atomic E-state index is 15.7. The van der Waals surface area contributed by atoms with Gasteiger partial charge in [-0.15, -0.1) is 5.10 Å². The molecule has 12 nitrogen and oxygen atoms in total. The number of ketones is 1. The first-order chi connectivity index (χ1) is 28.9. The maximum Gasteiger partial charge on any atom is 0.321 e. The molecule has 4 aromatic carbocycles. The van der Waals surface area contributed by atoms with E-state index in [0.717, 1.165) is 39.2 Å². The molecule has 312 valence electrons. The molecule has 0 aliphatic carbocycles. The second-order valence-electron chi connectivity index (χ2n) is 17.7. The third kappa shape index (κ3) is 9.76. The van der Waals surface area contributed by atoms with Gasteiger partial charge in [0.2, 0.25) is 0 Å². The molecular formula is C47H55N7O5Si. The Bertz CT molecular complexity index is 2380. The van der Waals surface area contributed by atoms with E-state index in [1.807, 2.05) is 89.1 Å². The zero-order chi connectivity index (χ0) is 41.9. The van der Waals surface area contributed by atoms with Crippen LogP contribution in [0.5, 0.6) is 0 Å². The summed E-state index contributed by atoms with van der Waals surface area (Å²) in [7, 11) is -1.21. The zero-order valence-electron chi connectivity index (χ0n) is 35.2. The molecule has 60 heavy (non-hydrogen) atoms. The largest absolute Gasteiger partial charge is 0.360 e. The number of carbonyl (C=O) groups excluding carboxylic acids is 2. The summed E-state index contributed by atoms with van der Waals surface area (Å²) in [5, 5.41) is 13.5. The van der Waals surface area contributed by atoms with E-state index in [9.17, 15) is 4.79 Å². The number of Topliss-reactive ketones (excluding diaryl/α,β-unsaturated/α-hetero) is 1. The third-order valence-corrected chi connectivity index (χ3v) is 13.1. The minimum absolute atomic E-state index is 0.0660. The number of amides is 2. The van der Waals surface area contributed by atoms with Crippen LogP contribution in [-0.4, -0.2) is 91.1 Å². The van der Waals surface area contributed by atoms with E-state index in [-0.39, 0.29) is 30.9 Å². The molecule has 2 amide bonds. The van der Waals surface area contributed by atoms with Gasteiger partial charge in [0.1, 0.15) is 25.5 Å². The number of ether oxygens (including phenoxy) is 3. The number of hydrogen-bond donors (Lipinski definition) is 0. The molecule has 6 aromatic rings. The SMILES string of the molecule is CC1(C)O[C@@H]2[C@@H](O1)[C@@H](Cc1ccccc1)N(Cc1ccc3c(cnn3COCC[Si](C)(C)C)c1)C(=O)N(Cc1cccc(C(=O)Cn3ccnn3)c1)[C@@H]2Cc1ccccc1. The van der Waals surface area contributed by atoms with E-state index in [1.54, 1.807) is 18.5 Å².